The average molecular weight is 253 g/mol. The van der Waals surface area contributed by atoms with Crippen LogP contribution in [0.25, 0.3) is 0 Å². The van der Waals surface area contributed by atoms with Crippen LogP contribution in [0.5, 0.6) is 0 Å². The van der Waals surface area contributed by atoms with E-state index in [1.54, 1.807) is 19.2 Å². The van der Waals surface area contributed by atoms with E-state index < -0.39 is 10.0 Å². The molecule has 0 atom stereocenters. The summed E-state index contributed by atoms with van der Waals surface area (Å²) in [7, 11) is -1.77. The Bertz CT molecular complexity index is 497. The molecule has 0 aliphatic carbocycles. The minimum Gasteiger partial charge on any atom is -0.207 e. The van der Waals surface area contributed by atoms with Gasteiger partial charge in [-0.05, 0) is 32.9 Å². The van der Waals surface area contributed by atoms with Crippen molar-refractivity contribution < 1.29 is 8.42 Å². The molecule has 0 unspecified atom stereocenters. The Hall–Kier alpha value is -1.13. The first-order valence-corrected chi connectivity index (χ1v) is 6.94. The number of hydrogen-bond donors (Lipinski definition) is 0. The number of aryl methyl sites for hydroxylation is 1. The molecule has 0 bridgehead atoms. The van der Waals surface area contributed by atoms with Gasteiger partial charge < -0.3 is 0 Å². The molecule has 0 aliphatic heterocycles. The molecule has 3 nitrogen and oxygen atoms in total. The van der Waals surface area contributed by atoms with Gasteiger partial charge in [-0.2, -0.15) is 4.31 Å². The molecular formula is C13H19NO2S. The zero-order chi connectivity index (χ0) is 13.1. The number of sulfonamides is 1. The van der Waals surface area contributed by atoms with Gasteiger partial charge in [0.15, 0.2) is 0 Å². The van der Waals surface area contributed by atoms with Crippen LogP contribution in [0.2, 0.25) is 0 Å². The summed E-state index contributed by atoms with van der Waals surface area (Å²) in [4.78, 5) is 0.341. The fourth-order valence-electron chi connectivity index (χ4n) is 1.30. The van der Waals surface area contributed by atoms with Crippen LogP contribution in [-0.2, 0) is 10.0 Å². The standard InChI is InChI=1S/C13H19NO2S/c1-11(2)9-10-14(4)17(15,16)13-7-5-12(3)6-8-13/h5-9H,10H2,1-4H3. The van der Waals surface area contributed by atoms with E-state index in [2.05, 4.69) is 0 Å². The minimum atomic E-state index is -3.36. The second-order valence-corrected chi connectivity index (χ2v) is 6.42. The first-order chi connectivity index (χ1) is 7.84. The molecule has 0 spiro atoms. The number of rotatable bonds is 4. The quantitative estimate of drug-likeness (QED) is 0.773. The Balaban J connectivity index is 2.95. The van der Waals surface area contributed by atoms with Gasteiger partial charge in [-0.25, -0.2) is 8.42 Å². The fourth-order valence-corrected chi connectivity index (χ4v) is 2.41. The highest BCUT2D eigenvalue weighted by Gasteiger charge is 2.19. The third-order valence-electron chi connectivity index (χ3n) is 2.49. The maximum Gasteiger partial charge on any atom is 0.243 e. The summed E-state index contributed by atoms with van der Waals surface area (Å²) < 4.78 is 25.7. The van der Waals surface area contributed by atoms with E-state index in [4.69, 9.17) is 0 Å². The molecule has 0 amide bonds. The van der Waals surface area contributed by atoms with Crippen molar-refractivity contribution in [1.29, 1.82) is 0 Å². The Morgan fingerprint density at radius 3 is 2.24 bits per heavy atom. The van der Waals surface area contributed by atoms with Crippen molar-refractivity contribution in [3.05, 3.63) is 41.5 Å². The number of hydrogen-bond acceptors (Lipinski definition) is 2. The largest absolute Gasteiger partial charge is 0.243 e. The van der Waals surface area contributed by atoms with Gasteiger partial charge in [-0.3, -0.25) is 0 Å². The van der Waals surface area contributed by atoms with Crippen molar-refractivity contribution in [3.8, 4) is 0 Å². The van der Waals surface area contributed by atoms with Crippen LogP contribution in [0.15, 0.2) is 40.8 Å². The summed E-state index contributed by atoms with van der Waals surface area (Å²) in [5, 5.41) is 0. The molecule has 94 valence electrons. The average Bonchev–Trinajstić information content (AvgIpc) is 2.26. The maximum absolute atomic E-state index is 12.2. The summed E-state index contributed by atoms with van der Waals surface area (Å²) in [6.45, 7) is 6.24. The predicted octanol–water partition coefficient (Wildman–Crippen LogP) is 2.58. The van der Waals surface area contributed by atoms with Gasteiger partial charge in [0.1, 0.15) is 0 Å². The number of likely N-dealkylation sites (N-methyl/N-ethyl adjacent to an activating group) is 1. The second-order valence-electron chi connectivity index (χ2n) is 4.38. The van der Waals surface area contributed by atoms with E-state index in [9.17, 15) is 8.42 Å². The van der Waals surface area contributed by atoms with Crippen LogP contribution in [0.1, 0.15) is 19.4 Å². The van der Waals surface area contributed by atoms with E-state index >= 15 is 0 Å². The van der Waals surface area contributed by atoms with Gasteiger partial charge in [-0.1, -0.05) is 29.3 Å². The lowest BCUT2D eigenvalue weighted by Crippen LogP contribution is -2.27. The molecule has 1 aromatic carbocycles. The zero-order valence-corrected chi connectivity index (χ0v) is 11.6. The van der Waals surface area contributed by atoms with Crippen molar-refractivity contribution >= 4 is 10.0 Å². The molecule has 0 saturated heterocycles. The van der Waals surface area contributed by atoms with Crippen LogP contribution in [0, 0.1) is 6.92 Å². The molecule has 1 rings (SSSR count). The number of allylic oxidation sites excluding steroid dienone is 1. The molecule has 0 heterocycles. The summed E-state index contributed by atoms with van der Waals surface area (Å²) in [6, 6.07) is 6.90. The van der Waals surface area contributed by atoms with Gasteiger partial charge in [0.25, 0.3) is 0 Å². The van der Waals surface area contributed by atoms with Crippen molar-refractivity contribution in [2.24, 2.45) is 0 Å². The molecule has 1 aromatic rings. The normalized spacial score (nSPS) is 11.6. The molecular weight excluding hydrogens is 234 g/mol. The first-order valence-electron chi connectivity index (χ1n) is 5.50. The SMILES string of the molecule is CC(C)=CCN(C)S(=O)(=O)c1ccc(C)cc1. The van der Waals surface area contributed by atoms with E-state index in [1.165, 1.54) is 4.31 Å². The lowest BCUT2D eigenvalue weighted by Gasteiger charge is -2.15. The van der Waals surface area contributed by atoms with Gasteiger partial charge in [-0.15, -0.1) is 0 Å². The minimum absolute atomic E-state index is 0.341. The van der Waals surface area contributed by atoms with Gasteiger partial charge in [0, 0.05) is 13.6 Å². The highest BCUT2D eigenvalue weighted by atomic mass is 32.2. The van der Waals surface area contributed by atoms with Crippen LogP contribution >= 0.6 is 0 Å². The van der Waals surface area contributed by atoms with Crippen molar-refractivity contribution in [3.63, 3.8) is 0 Å². The fraction of sp³-hybridized carbons (Fsp3) is 0.385. The Labute approximate surface area is 104 Å². The van der Waals surface area contributed by atoms with Crippen molar-refractivity contribution in [2.75, 3.05) is 13.6 Å². The van der Waals surface area contributed by atoms with E-state index in [1.807, 2.05) is 39.0 Å². The Morgan fingerprint density at radius 1 is 1.24 bits per heavy atom. The van der Waals surface area contributed by atoms with Crippen LogP contribution in [0.4, 0.5) is 0 Å². The molecule has 0 fully saturated rings. The highest BCUT2D eigenvalue weighted by molar-refractivity contribution is 7.89. The zero-order valence-electron chi connectivity index (χ0n) is 10.8. The topological polar surface area (TPSA) is 37.4 Å². The third-order valence-corrected chi connectivity index (χ3v) is 4.32. The van der Waals surface area contributed by atoms with E-state index in [0.29, 0.717) is 11.4 Å². The van der Waals surface area contributed by atoms with Crippen molar-refractivity contribution in [2.45, 2.75) is 25.7 Å². The maximum atomic E-state index is 12.2. The van der Waals surface area contributed by atoms with Gasteiger partial charge in [0.05, 0.1) is 4.90 Å². The third kappa shape index (κ3) is 3.68. The highest BCUT2D eigenvalue weighted by Crippen LogP contribution is 2.14. The lowest BCUT2D eigenvalue weighted by atomic mass is 10.2. The summed E-state index contributed by atoms with van der Waals surface area (Å²) >= 11 is 0. The Kier molecular flexibility index (Phi) is 4.48. The molecule has 0 aliphatic rings. The Morgan fingerprint density at radius 2 is 1.76 bits per heavy atom. The first kappa shape index (κ1) is 13.9. The van der Waals surface area contributed by atoms with Crippen LogP contribution in [-0.4, -0.2) is 26.3 Å². The molecule has 0 aromatic heterocycles. The number of nitrogens with zero attached hydrogens (tertiary/aromatic N) is 1. The van der Waals surface area contributed by atoms with Crippen LogP contribution in [0.3, 0.4) is 0 Å². The van der Waals surface area contributed by atoms with E-state index in [-0.39, 0.29) is 0 Å². The molecule has 4 heteroatoms. The molecule has 0 N–H and O–H groups in total. The summed E-state index contributed by atoms with van der Waals surface area (Å²) in [5.41, 5.74) is 2.16. The summed E-state index contributed by atoms with van der Waals surface area (Å²) in [5.74, 6) is 0. The lowest BCUT2D eigenvalue weighted by molar-refractivity contribution is 0.498. The van der Waals surface area contributed by atoms with E-state index in [0.717, 1.165) is 11.1 Å². The van der Waals surface area contributed by atoms with Crippen molar-refractivity contribution in [1.82, 2.24) is 4.31 Å². The smallest absolute Gasteiger partial charge is 0.207 e. The molecule has 0 radical (unpaired) electrons. The predicted molar refractivity (Wildman–Crippen MR) is 70.4 cm³/mol. The van der Waals surface area contributed by atoms with Crippen LogP contribution < -0.4 is 0 Å². The second kappa shape index (κ2) is 5.47. The molecule has 0 saturated carbocycles. The van der Waals surface area contributed by atoms with Gasteiger partial charge >= 0.3 is 0 Å². The number of benzene rings is 1. The summed E-state index contributed by atoms with van der Waals surface area (Å²) in [6.07, 6.45) is 1.89. The monoisotopic (exact) mass is 253 g/mol. The molecule has 17 heavy (non-hydrogen) atoms. The van der Waals surface area contributed by atoms with Gasteiger partial charge in [0.2, 0.25) is 10.0 Å².